The first-order chi connectivity index (χ1) is 54.4. The van der Waals surface area contributed by atoms with Crippen molar-refractivity contribution >= 4 is 309 Å². The maximum Gasteiger partial charge on any atom is 0.245 e. The highest BCUT2D eigenvalue weighted by Gasteiger charge is 3.00. The topological polar surface area (TPSA) is 87.5 Å². The van der Waals surface area contributed by atoms with Crippen LogP contribution in [0.4, 0.5) is 0 Å². The van der Waals surface area contributed by atoms with Crippen molar-refractivity contribution < 1.29 is 14.4 Å². The van der Waals surface area contributed by atoms with Crippen molar-refractivity contribution in [1.82, 2.24) is 24.7 Å². The summed E-state index contributed by atoms with van der Waals surface area (Å²) in [7, 11) is 2.06. The van der Waals surface area contributed by atoms with Gasteiger partial charge in [-0.05, 0) is 339 Å². The molecule has 1 aromatic heterocycles. The Labute approximate surface area is 627 Å². The molecule has 28 aromatic carbocycles. The minimum Gasteiger partial charge on any atom is -0.343 e. The van der Waals surface area contributed by atoms with Crippen molar-refractivity contribution in [2.75, 3.05) is 26.2 Å². The number of carbonyl (C=O) groups excluding carboxylic acids is 3. The molecule has 3 amide bonds. The summed E-state index contributed by atoms with van der Waals surface area (Å²) >= 11 is 0. The summed E-state index contributed by atoms with van der Waals surface area (Å²) in [5, 5.41) is 84.9. The average Bonchev–Trinajstić information content (AvgIpc) is 1.35. The zero-order valence-corrected chi connectivity index (χ0v) is 63.3. The molecule has 5 aliphatic rings. The van der Waals surface area contributed by atoms with E-state index >= 15 is 14.4 Å². The minimum absolute atomic E-state index is 0.00377. The van der Waals surface area contributed by atoms with Crippen molar-refractivity contribution in [2.24, 2.45) is 12.5 Å². The summed E-state index contributed by atoms with van der Waals surface area (Å²) in [5.41, 5.74) is 2.17. The Kier molecular flexibility index (Phi) is 8.54. The van der Waals surface area contributed by atoms with Gasteiger partial charge in [-0.1, -0.05) is 156 Å². The van der Waals surface area contributed by atoms with Gasteiger partial charge in [0.1, 0.15) is 6.04 Å². The molecule has 1 fully saturated rings. The third kappa shape index (κ3) is 4.50. The van der Waals surface area contributed by atoms with Crippen LogP contribution in [0.25, 0.3) is 291 Å². The highest BCUT2D eigenvalue weighted by molar-refractivity contribution is 6.82. The van der Waals surface area contributed by atoms with Crippen LogP contribution in [-0.2, 0) is 38.7 Å². The number of nitrogens with one attached hydrogen (secondary N) is 1. The van der Waals surface area contributed by atoms with Gasteiger partial charge in [-0.25, -0.2) is 4.98 Å². The molecule has 1 saturated carbocycles. The Balaban J connectivity index is 0.756. The number of aromatic nitrogens is 2. The Morgan fingerprint density at radius 2 is 0.518 bits per heavy atom. The fourth-order valence-electron chi connectivity index (χ4n) is 32.0. The van der Waals surface area contributed by atoms with Crippen molar-refractivity contribution in [3.63, 3.8) is 0 Å². The molecule has 1 heterocycles. The number of hydrogen-bond acceptors (Lipinski definition) is 4. The van der Waals surface area contributed by atoms with Crippen molar-refractivity contribution in [2.45, 2.75) is 205 Å². The molecule has 110 heavy (non-hydrogen) atoms. The van der Waals surface area contributed by atoms with E-state index in [9.17, 15) is 0 Å². The number of nitrogens with zero attached hydrogens (tertiary/aromatic N) is 4. The second-order valence-electron chi connectivity index (χ2n) is 38.4. The monoisotopic (exact) mass is 1420 g/mol. The average molecular weight is 1420 g/mol. The summed E-state index contributed by atoms with van der Waals surface area (Å²) in [6, 6.07) is -0.955. The van der Waals surface area contributed by atoms with Gasteiger partial charge >= 0.3 is 0 Å². The van der Waals surface area contributed by atoms with Crippen LogP contribution >= 0.6 is 0 Å². The molecule has 29 aromatic rings. The number of amides is 3. The summed E-state index contributed by atoms with van der Waals surface area (Å²) in [5.74, 6) is -0.168. The molecular weight excluding hydrogens is 1340 g/mol. The van der Waals surface area contributed by atoms with Crippen LogP contribution in [0.2, 0.25) is 0 Å². The second kappa shape index (κ2) is 16.7. The quantitative estimate of drug-likeness (QED) is 0.0247. The van der Waals surface area contributed by atoms with Crippen molar-refractivity contribution in [3.8, 4) is 0 Å². The third-order valence-corrected chi connectivity index (χ3v) is 34.7. The summed E-state index contributed by atoms with van der Waals surface area (Å²) in [6.45, 7) is 11.7. The van der Waals surface area contributed by atoms with E-state index in [1.54, 1.807) is 97.0 Å². The zero-order valence-electron chi connectivity index (χ0n) is 63.3. The highest BCUT2D eigenvalue weighted by atomic mass is 16.2. The molecule has 34 rings (SSSR count). The van der Waals surface area contributed by atoms with Gasteiger partial charge in [0.2, 0.25) is 17.7 Å². The van der Waals surface area contributed by atoms with Gasteiger partial charge in [0.05, 0.1) is 17.2 Å². The van der Waals surface area contributed by atoms with Crippen LogP contribution in [0, 0.1) is 5.41 Å². The number of aryl methyl sites for hydroxylation is 1. The van der Waals surface area contributed by atoms with Crippen LogP contribution in [0.5, 0.6) is 0 Å². The molecule has 0 unspecified atom stereocenters. The summed E-state index contributed by atoms with van der Waals surface area (Å²) < 4.78 is 2.07. The Morgan fingerprint density at radius 1 is 0.309 bits per heavy atom. The molecule has 1 N–H and O–H groups in total. The number of imidazole rings is 1. The number of unbranched alkanes of at least 4 members (excludes halogenated alkanes) is 20. The van der Waals surface area contributed by atoms with E-state index in [0.29, 0.717) is 26.2 Å². The Bertz CT molecular complexity index is 7960. The predicted molar refractivity (Wildman–Crippen MR) is 462 cm³/mol. The molecule has 8 nitrogen and oxygen atoms in total. The molecule has 0 saturated heterocycles. The van der Waals surface area contributed by atoms with Gasteiger partial charge in [0.25, 0.3) is 0 Å². The maximum atomic E-state index is 19.6. The largest absolute Gasteiger partial charge is 0.343 e. The lowest BCUT2D eigenvalue weighted by atomic mass is 9.68. The molecule has 2 spiro atoms. The van der Waals surface area contributed by atoms with Crippen LogP contribution in [0.3, 0.4) is 0 Å². The number of rotatable bonds is 34. The maximum absolute atomic E-state index is 19.6. The Hall–Kier alpha value is -9.92. The molecule has 1 atom stereocenters. The highest BCUT2D eigenvalue weighted by Crippen LogP contribution is 2.96. The molecule has 0 bridgehead atoms. The lowest BCUT2D eigenvalue weighted by Crippen LogP contribution is -2.57. The van der Waals surface area contributed by atoms with Crippen LogP contribution in [0.1, 0.15) is 210 Å². The van der Waals surface area contributed by atoms with Crippen LogP contribution in [-0.4, -0.2) is 69.3 Å². The molecule has 528 valence electrons. The van der Waals surface area contributed by atoms with Gasteiger partial charge in [0, 0.05) is 51.5 Å². The smallest absolute Gasteiger partial charge is 0.245 e. The van der Waals surface area contributed by atoms with Gasteiger partial charge in [-0.3, -0.25) is 14.4 Å². The third-order valence-electron chi connectivity index (χ3n) is 34.7. The SMILES string of the molecule is CCCCCCCCN(CCCCCCCC)C(=O)[C@@H](Cc1cncn1C)NC(=O)C1(C(=O)N(CCCCCCCC)CCCCCCCC)C23c4c5c6c7c8c9c(c%10c%11c2c2c4c4c%12c5c5c6c6c8c8c%13c9c9c%10c%10c%11c%11c2c2c4c4c%12c%12c5c5c6c8c6c8c%13c9c9c%10c%10c%11c2c2c4c4c%12c5c6c5c8c9c%10c2c45)C713. The first kappa shape index (κ1) is 56.3. The van der Waals surface area contributed by atoms with Crippen LogP contribution in [0.15, 0.2) is 12.5 Å². The number of carbonyl (C=O) groups is 3. The van der Waals surface area contributed by atoms with Gasteiger partial charge in [0.15, 0.2) is 5.41 Å². The van der Waals surface area contributed by atoms with E-state index in [2.05, 4.69) is 54.4 Å². The molecule has 8 heteroatoms. The van der Waals surface area contributed by atoms with Crippen molar-refractivity contribution in [1.29, 1.82) is 0 Å². The van der Waals surface area contributed by atoms with Crippen molar-refractivity contribution in [3.05, 3.63) is 40.5 Å². The first-order valence-electron chi connectivity index (χ1n) is 44.0. The van der Waals surface area contributed by atoms with E-state index in [0.717, 1.165) is 82.7 Å². The van der Waals surface area contributed by atoms with Gasteiger partial charge < -0.3 is 19.7 Å². The fourth-order valence-corrected chi connectivity index (χ4v) is 32.0. The summed E-state index contributed by atoms with van der Waals surface area (Å²) in [6.07, 6.45) is 31.0. The Morgan fingerprint density at radius 3 is 0.736 bits per heavy atom. The lowest BCUT2D eigenvalue weighted by molar-refractivity contribution is -0.148. The zero-order chi connectivity index (χ0) is 70.9. The van der Waals surface area contributed by atoms with Gasteiger partial charge in [-0.2, -0.15) is 0 Å². The van der Waals surface area contributed by atoms with Gasteiger partial charge in [-0.15, -0.1) is 0 Å². The van der Waals surface area contributed by atoms with E-state index in [4.69, 9.17) is 4.98 Å². The number of benzene rings is 18. The predicted octanol–water partition coefficient (Wildman–Crippen LogP) is 25.9. The molecule has 5 aliphatic carbocycles. The first-order valence-corrected chi connectivity index (χ1v) is 44.0. The second-order valence-corrected chi connectivity index (χ2v) is 38.4. The van der Waals surface area contributed by atoms with E-state index in [-0.39, 0.29) is 24.1 Å². The molecular formula is C102H77N5O3. The standard InChI is InChI=1S/C102H77N5O3/c1-6-10-14-18-22-26-30-106(31-27-23-19-15-11-7-2)97(108)38(34-37-35-103-36-105(37)5)104-98(109)102(99(110)107(32-28-24-20-16-12-8-3)33-29-25-21-17-13-9-4)100-93-85-77-67-57-49-41-39-40-43-47-45(41)53-61-55(47)65-59-51(43)52-44(40)48-46-42(39)50(49)58-64-54(46)62-56(48)66-60(52)70-69(59)79-73(65)83-75(61)81(71(77)63(53)57)89(93)91(83)95-87(79)88-80(70)74(66)84-76(62)82-72(64)78(68(58)67)86(85)94(100)90(82)92(84)96(88)101(95,100)102/h35-36,38H,6-34H2,1-5H3,(H,104,109)/t38-,100?,101?,102?/m1/s1. The number of hydrogen-bond donors (Lipinski definition) is 1. The van der Waals surface area contributed by atoms with E-state index in [1.807, 2.05) is 12.5 Å². The molecule has 0 radical (unpaired) electrons. The summed E-state index contributed by atoms with van der Waals surface area (Å²) in [4.78, 5) is 65.6. The van der Waals surface area contributed by atoms with E-state index < -0.39 is 22.3 Å². The van der Waals surface area contributed by atoms with Crippen LogP contribution < -0.4 is 5.32 Å². The fraction of sp³-hybridized carbons (Fsp3) is 0.373. The normalized spacial score (nSPS) is 20.0. The van der Waals surface area contributed by atoms with E-state index in [1.165, 1.54) is 293 Å². The minimum atomic E-state index is -1.75. The lowest BCUT2D eigenvalue weighted by Gasteiger charge is -2.33. The molecule has 0 aliphatic heterocycles.